The first-order chi connectivity index (χ1) is 7.90. The highest BCUT2D eigenvalue weighted by Gasteiger charge is 2.22. The van der Waals surface area contributed by atoms with Gasteiger partial charge in [-0.05, 0) is 12.8 Å². The van der Waals surface area contributed by atoms with Crippen LogP contribution in [0.3, 0.4) is 0 Å². The molecular formula is C12H24N2OS. The average Bonchev–Trinajstić information content (AvgIpc) is 2.38. The molecule has 0 radical (unpaired) electrons. The van der Waals surface area contributed by atoms with Crippen molar-refractivity contribution in [1.29, 1.82) is 0 Å². The quantitative estimate of drug-likeness (QED) is 0.803. The van der Waals surface area contributed by atoms with E-state index >= 15 is 0 Å². The minimum Gasteiger partial charge on any atom is -0.378 e. The van der Waals surface area contributed by atoms with E-state index in [2.05, 4.69) is 28.9 Å². The largest absolute Gasteiger partial charge is 0.378 e. The second kappa shape index (κ2) is 6.84. The normalized spacial score (nSPS) is 32.8. The first kappa shape index (κ1) is 12.7. The molecule has 0 aliphatic carbocycles. The molecule has 2 aliphatic rings. The van der Waals surface area contributed by atoms with Gasteiger partial charge in [0.15, 0.2) is 0 Å². The Morgan fingerprint density at radius 2 is 2.44 bits per heavy atom. The van der Waals surface area contributed by atoms with E-state index in [0.29, 0.717) is 6.04 Å². The lowest BCUT2D eigenvalue weighted by atomic mass is 10.1. The van der Waals surface area contributed by atoms with Crippen molar-refractivity contribution < 1.29 is 4.74 Å². The Hall–Kier alpha value is 0.230. The summed E-state index contributed by atoms with van der Waals surface area (Å²) in [6.07, 6.45) is 2.51. The third-order valence-corrected chi connectivity index (χ3v) is 4.71. The number of nitrogens with zero attached hydrogens (tertiary/aromatic N) is 1. The van der Waals surface area contributed by atoms with Gasteiger partial charge in [0, 0.05) is 43.2 Å². The molecule has 1 N–H and O–H groups in total. The molecule has 0 aromatic rings. The van der Waals surface area contributed by atoms with Crippen molar-refractivity contribution >= 4 is 11.8 Å². The first-order valence-corrected chi connectivity index (χ1v) is 7.68. The van der Waals surface area contributed by atoms with Crippen LogP contribution in [0.5, 0.6) is 0 Å². The highest BCUT2D eigenvalue weighted by molar-refractivity contribution is 7.99. The van der Waals surface area contributed by atoms with Gasteiger partial charge in [-0.2, -0.15) is 11.8 Å². The van der Waals surface area contributed by atoms with Crippen LogP contribution in [0.15, 0.2) is 0 Å². The number of rotatable bonds is 4. The van der Waals surface area contributed by atoms with E-state index in [0.717, 1.165) is 25.8 Å². The Labute approximate surface area is 103 Å². The van der Waals surface area contributed by atoms with Crippen molar-refractivity contribution in [1.82, 2.24) is 10.2 Å². The Bertz CT molecular complexity index is 197. The van der Waals surface area contributed by atoms with E-state index in [-0.39, 0.29) is 0 Å². The summed E-state index contributed by atoms with van der Waals surface area (Å²) in [5.41, 5.74) is 0. The number of hydrogen-bond donors (Lipinski definition) is 1. The summed E-state index contributed by atoms with van der Waals surface area (Å²) in [6.45, 7) is 7.67. The van der Waals surface area contributed by atoms with Crippen molar-refractivity contribution in [3.8, 4) is 0 Å². The molecule has 2 heterocycles. The number of morpholine rings is 1. The molecule has 2 unspecified atom stereocenters. The molecule has 16 heavy (non-hydrogen) atoms. The number of ether oxygens (including phenoxy) is 1. The summed E-state index contributed by atoms with van der Waals surface area (Å²) >= 11 is 2.09. The molecule has 0 saturated carbocycles. The van der Waals surface area contributed by atoms with Crippen LogP contribution in [0.4, 0.5) is 0 Å². The number of hydrogen-bond acceptors (Lipinski definition) is 4. The van der Waals surface area contributed by atoms with Crippen LogP contribution in [0.2, 0.25) is 0 Å². The zero-order chi connectivity index (χ0) is 11.2. The van der Waals surface area contributed by atoms with Gasteiger partial charge in [-0.25, -0.2) is 0 Å². The molecule has 0 spiro atoms. The van der Waals surface area contributed by atoms with Crippen molar-refractivity contribution in [2.24, 2.45) is 0 Å². The van der Waals surface area contributed by atoms with Gasteiger partial charge in [0.25, 0.3) is 0 Å². The van der Waals surface area contributed by atoms with E-state index in [1.54, 1.807) is 0 Å². The van der Waals surface area contributed by atoms with Crippen LogP contribution in [-0.2, 0) is 4.74 Å². The van der Waals surface area contributed by atoms with Crippen molar-refractivity contribution in [2.75, 3.05) is 44.4 Å². The number of thioether (sulfide) groups is 1. The lowest BCUT2D eigenvalue weighted by molar-refractivity contribution is -0.00977. The lowest BCUT2D eigenvalue weighted by Gasteiger charge is -2.36. The lowest BCUT2D eigenvalue weighted by Crippen LogP contribution is -2.47. The van der Waals surface area contributed by atoms with E-state index < -0.39 is 0 Å². The maximum Gasteiger partial charge on any atom is 0.0622 e. The zero-order valence-corrected chi connectivity index (χ0v) is 11.1. The second-order valence-electron chi connectivity index (χ2n) is 4.69. The molecule has 2 rings (SSSR count). The summed E-state index contributed by atoms with van der Waals surface area (Å²) < 4.78 is 5.53. The van der Waals surface area contributed by atoms with Crippen molar-refractivity contribution in [2.45, 2.75) is 31.8 Å². The Kier molecular flexibility index (Phi) is 5.42. The maximum atomic E-state index is 5.53. The fraction of sp³-hybridized carbons (Fsp3) is 1.00. The van der Waals surface area contributed by atoms with Crippen LogP contribution >= 0.6 is 11.8 Å². The van der Waals surface area contributed by atoms with Gasteiger partial charge in [-0.15, -0.1) is 0 Å². The van der Waals surface area contributed by atoms with Gasteiger partial charge in [0.05, 0.1) is 13.2 Å². The summed E-state index contributed by atoms with van der Waals surface area (Å²) in [7, 11) is 0. The van der Waals surface area contributed by atoms with Crippen LogP contribution < -0.4 is 5.32 Å². The standard InChI is InChI=1S/C12H24N2OS/c1-2-12-9-15-7-6-14(12)5-3-11-10-16-8-4-13-11/h11-13H,2-10H2,1H3. The average molecular weight is 244 g/mol. The molecule has 0 bridgehead atoms. The Balaban J connectivity index is 1.70. The summed E-state index contributed by atoms with van der Waals surface area (Å²) in [6, 6.07) is 1.39. The fourth-order valence-corrected chi connectivity index (χ4v) is 3.48. The van der Waals surface area contributed by atoms with Gasteiger partial charge < -0.3 is 10.1 Å². The summed E-state index contributed by atoms with van der Waals surface area (Å²) in [4.78, 5) is 2.62. The monoisotopic (exact) mass is 244 g/mol. The van der Waals surface area contributed by atoms with Crippen molar-refractivity contribution in [3.63, 3.8) is 0 Å². The highest BCUT2D eigenvalue weighted by Crippen LogP contribution is 2.14. The third kappa shape index (κ3) is 3.62. The molecular weight excluding hydrogens is 220 g/mol. The molecule has 2 fully saturated rings. The summed E-state index contributed by atoms with van der Waals surface area (Å²) in [5, 5.41) is 3.61. The van der Waals surface area contributed by atoms with Gasteiger partial charge in [0.1, 0.15) is 0 Å². The molecule has 4 heteroatoms. The van der Waals surface area contributed by atoms with Gasteiger partial charge in [0.2, 0.25) is 0 Å². The van der Waals surface area contributed by atoms with Crippen LogP contribution in [0.25, 0.3) is 0 Å². The van der Waals surface area contributed by atoms with E-state index in [1.807, 2.05) is 0 Å². The molecule has 94 valence electrons. The predicted octanol–water partition coefficient (Wildman–Crippen LogP) is 1.19. The van der Waals surface area contributed by atoms with E-state index in [9.17, 15) is 0 Å². The smallest absolute Gasteiger partial charge is 0.0622 e. The zero-order valence-electron chi connectivity index (χ0n) is 10.3. The molecule has 2 aliphatic heterocycles. The first-order valence-electron chi connectivity index (χ1n) is 6.53. The molecule has 0 aromatic carbocycles. The maximum absolute atomic E-state index is 5.53. The third-order valence-electron chi connectivity index (χ3n) is 3.58. The number of nitrogens with one attached hydrogen (secondary N) is 1. The van der Waals surface area contributed by atoms with E-state index in [1.165, 1.54) is 37.4 Å². The SMILES string of the molecule is CCC1COCCN1CCC1CSCCN1. The minimum atomic E-state index is 0.657. The fourth-order valence-electron chi connectivity index (χ4n) is 2.49. The second-order valence-corrected chi connectivity index (χ2v) is 5.84. The predicted molar refractivity (Wildman–Crippen MR) is 70.2 cm³/mol. The molecule has 0 aromatic heterocycles. The highest BCUT2D eigenvalue weighted by atomic mass is 32.2. The van der Waals surface area contributed by atoms with Gasteiger partial charge in [-0.3, -0.25) is 4.90 Å². The van der Waals surface area contributed by atoms with Gasteiger partial charge >= 0.3 is 0 Å². The van der Waals surface area contributed by atoms with Gasteiger partial charge in [-0.1, -0.05) is 6.92 Å². The van der Waals surface area contributed by atoms with Crippen LogP contribution in [-0.4, -0.2) is 61.3 Å². The van der Waals surface area contributed by atoms with Crippen LogP contribution in [0.1, 0.15) is 19.8 Å². The molecule has 3 nitrogen and oxygen atoms in total. The summed E-state index contributed by atoms with van der Waals surface area (Å²) in [5.74, 6) is 2.58. The molecule has 2 saturated heterocycles. The topological polar surface area (TPSA) is 24.5 Å². The minimum absolute atomic E-state index is 0.657. The van der Waals surface area contributed by atoms with Crippen LogP contribution in [0, 0.1) is 0 Å². The van der Waals surface area contributed by atoms with E-state index in [4.69, 9.17) is 4.74 Å². The Morgan fingerprint density at radius 3 is 3.19 bits per heavy atom. The van der Waals surface area contributed by atoms with Crippen molar-refractivity contribution in [3.05, 3.63) is 0 Å². The molecule has 2 atom stereocenters. The molecule has 0 amide bonds. The Morgan fingerprint density at radius 1 is 1.50 bits per heavy atom.